The first kappa shape index (κ1) is 17.4. The second kappa shape index (κ2) is 7.71. The molecule has 0 N–H and O–H groups in total. The van der Waals surface area contributed by atoms with Crippen molar-refractivity contribution in [3.8, 4) is 5.75 Å². The van der Waals surface area contributed by atoms with Crippen LogP contribution in [0.2, 0.25) is 0 Å². The van der Waals surface area contributed by atoms with Gasteiger partial charge in [0.1, 0.15) is 5.75 Å². The molecule has 2 fully saturated rings. The number of hydrogen-bond donors (Lipinski definition) is 0. The number of piperazine rings is 1. The third-order valence-corrected chi connectivity index (χ3v) is 6.29. The Morgan fingerprint density at radius 3 is 2.23 bits per heavy atom. The van der Waals surface area contributed by atoms with Gasteiger partial charge in [-0.1, -0.05) is 49.6 Å². The summed E-state index contributed by atoms with van der Waals surface area (Å²) >= 11 is 0. The molecule has 26 heavy (non-hydrogen) atoms. The quantitative estimate of drug-likeness (QED) is 0.796. The van der Waals surface area contributed by atoms with E-state index in [2.05, 4.69) is 64.4 Å². The summed E-state index contributed by atoms with van der Waals surface area (Å²) in [5.74, 6) is 0.982. The van der Waals surface area contributed by atoms with Crippen LogP contribution in [0.15, 0.2) is 54.6 Å². The summed E-state index contributed by atoms with van der Waals surface area (Å²) in [5.41, 5.74) is 2.99. The molecule has 138 valence electrons. The molecular weight excluding hydrogens is 320 g/mol. The van der Waals surface area contributed by atoms with Crippen molar-refractivity contribution in [2.45, 2.75) is 37.6 Å². The van der Waals surface area contributed by atoms with Crippen molar-refractivity contribution in [1.29, 1.82) is 0 Å². The second-order valence-electron chi connectivity index (χ2n) is 7.63. The number of nitrogens with zero attached hydrogens (tertiary/aromatic N) is 2. The van der Waals surface area contributed by atoms with Crippen molar-refractivity contribution in [2.24, 2.45) is 0 Å². The van der Waals surface area contributed by atoms with Crippen LogP contribution < -0.4 is 9.64 Å². The Morgan fingerprint density at radius 2 is 1.54 bits per heavy atom. The predicted octanol–water partition coefficient (Wildman–Crippen LogP) is 4.68. The highest BCUT2D eigenvalue weighted by molar-refractivity contribution is 5.46. The lowest BCUT2D eigenvalue weighted by Gasteiger charge is -2.50. The molecule has 1 aliphatic heterocycles. The van der Waals surface area contributed by atoms with E-state index >= 15 is 0 Å². The average Bonchev–Trinajstić information content (AvgIpc) is 2.75. The van der Waals surface area contributed by atoms with E-state index in [-0.39, 0.29) is 5.54 Å². The van der Waals surface area contributed by atoms with E-state index in [1.165, 1.54) is 43.4 Å². The van der Waals surface area contributed by atoms with E-state index in [0.717, 1.165) is 31.9 Å². The van der Waals surface area contributed by atoms with Crippen molar-refractivity contribution >= 4 is 5.69 Å². The molecule has 0 unspecified atom stereocenters. The zero-order valence-corrected chi connectivity index (χ0v) is 15.9. The lowest BCUT2D eigenvalue weighted by Crippen LogP contribution is -2.56. The van der Waals surface area contributed by atoms with Gasteiger partial charge in [0, 0.05) is 37.4 Å². The molecule has 2 aromatic carbocycles. The van der Waals surface area contributed by atoms with E-state index in [9.17, 15) is 0 Å². The molecular formula is C23H30N2O. The van der Waals surface area contributed by atoms with Crippen LogP contribution in [0.25, 0.3) is 0 Å². The summed E-state index contributed by atoms with van der Waals surface area (Å²) in [5, 5.41) is 0. The Hall–Kier alpha value is -2.00. The predicted molar refractivity (Wildman–Crippen MR) is 108 cm³/mol. The first-order valence-electron chi connectivity index (χ1n) is 10.0. The maximum Gasteiger partial charge on any atom is 0.119 e. The summed E-state index contributed by atoms with van der Waals surface area (Å²) in [6.45, 7) is 4.48. The minimum Gasteiger partial charge on any atom is -0.497 e. The monoisotopic (exact) mass is 350 g/mol. The molecule has 0 amide bonds. The molecule has 1 aliphatic carbocycles. The zero-order valence-electron chi connectivity index (χ0n) is 15.9. The minimum absolute atomic E-state index is 0.190. The van der Waals surface area contributed by atoms with Crippen LogP contribution in [0.3, 0.4) is 0 Å². The third kappa shape index (κ3) is 3.33. The first-order chi connectivity index (χ1) is 12.8. The molecule has 2 aliphatic rings. The van der Waals surface area contributed by atoms with E-state index in [1.807, 2.05) is 0 Å². The fourth-order valence-corrected chi connectivity index (χ4v) is 4.87. The topological polar surface area (TPSA) is 15.7 Å². The molecule has 1 saturated carbocycles. The largest absolute Gasteiger partial charge is 0.497 e. The van der Waals surface area contributed by atoms with E-state index in [0.29, 0.717) is 0 Å². The van der Waals surface area contributed by atoms with Gasteiger partial charge in [-0.3, -0.25) is 4.90 Å². The number of anilines is 1. The Balaban J connectivity index is 1.56. The van der Waals surface area contributed by atoms with Crippen LogP contribution in [0.4, 0.5) is 5.69 Å². The number of ether oxygens (including phenoxy) is 1. The molecule has 0 radical (unpaired) electrons. The second-order valence-corrected chi connectivity index (χ2v) is 7.63. The van der Waals surface area contributed by atoms with Crippen molar-refractivity contribution in [2.75, 3.05) is 38.2 Å². The number of para-hydroxylation sites is 1. The van der Waals surface area contributed by atoms with E-state index in [4.69, 9.17) is 4.74 Å². The van der Waals surface area contributed by atoms with Crippen molar-refractivity contribution in [3.05, 3.63) is 60.2 Å². The molecule has 4 rings (SSSR count). The summed E-state index contributed by atoms with van der Waals surface area (Å²) < 4.78 is 5.53. The van der Waals surface area contributed by atoms with Crippen LogP contribution >= 0.6 is 0 Å². The van der Waals surface area contributed by atoms with Crippen molar-refractivity contribution < 1.29 is 4.74 Å². The van der Waals surface area contributed by atoms with Gasteiger partial charge < -0.3 is 9.64 Å². The lowest BCUT2D eigenvalue weighted by molar-refractivity contribution is 0.0415. The number of methoxy groups -OCH3 is 1. The van der Waals surface area contributed by atoms with Crippen LogP contribution in [0, 0.1) is 0 Å². The van der Waals surface area contributed by atoms with Gasteiger partial charge in [0.15, 0.2) is 0 Å². The van der Waals surface area contributed by atoms with E-state index in [1.54, 1.807) is 7.11 Å². The molecule has 3 heteroatoms. The summed E-state index contributed by atoms with van der Waals surface area (Å²) in [6, 6.07) is 19.6. The Labute approximate surface area is 157 Å². The number of rotatable bonds is 4. The lowest BCUT2D eigenvalue weighted by atomic mass is 9.75. The van der Waals surface area contributed by atoms with Gasteiger partial charge in [0.05, 0.1) is 7.11 Å². The Bertz CT molecular complexity index is 701. The summed E-state index contributed by atoms with van der Waals surface area (Å²) in [7, 11) is 1.77. The summed E-state index contributed by atoms with van der Waals surface area (Å²) in [4.78, 5) is 5.29. The van der Waals surface area contributed by atoms with Crippen LogP contribution in [-0.2, 0) is 5.54 Å². The maximum atomic E-state index is 5.53. The van der Waals surface area contributed by atoms with Gasteiger partial charge >= 0.3 is 0 Å². The zero-order chi connectivity index (χ0) is 17.8. The Morgan fingerprint density at radius 1 is 0.808 bits per heavy atom. The van der Waals surface area contributed by atoms with Gasteiger partial charge in [-0.2, -0.15) is 0 Å². The van der Waals surface area contributed by atoms with Crippen molar-refractivity contribution in [1.82, 2.24) is 4.90 Å². The first-order valence-corrected chi connectivity index (χ1v) is 10.0. The van der Waals surface area contributed by atoms with Crippen LogP contribution in [0.1, 0.15) is 37.7 Å². The SMILES string of the molecule is COc1cccc(C2(N3CCN(c4ccccc4)CC3)CCCCC2)c1. The highest BCUT2D eigenvalue weighted by Crippen LogP contribution is 2.43. The molecule has 0 bridgehead atoms. The fraction of sp³-hybridized carbons (Fsp3) is 0.478. The van der Waals surface area contributed by atoms with Gasteiger partial charge in [-0.25, -0.2) is 0 Å². The highest BCUT2D eigenvalue weighted by Gasteiger charge is 2.40. The highest BCUT2D eigenvalue weighted by atomic mass is 16.5. The smallest absolute Gasteiger partial charge is 0.119 e. The molecule has 2 aromatic rings. The minimum atomic E-state index is 0.190. The van der Waals surface area contributed by atoms with Gasteiger partial charge in [-0.05, 0) is 42.7 Å². The standard InChI is InChI=1S/C23H30N2O/c1-26-22-12-8-9-20(19-22)23(13-6-3-7-14-23)25-17-15-24(16-18-25)21-10-4-2-5-11-21/h2,4-5,8-12,19H,3,6-7,13-18H2,1H3. The molecule has 0 spiro atoms. The normalized spacial score (nSPS) is 20.7. The van der Waals surface area contributed by atoms with Crippen LogP contribution in [-0.4, -0.2) is 38.2 Å². The Kier molecular flexibility index (Phi) is 5.16. The van der Waals surface area contributed by atoms with E-state index < -0.39 is 0 Å². The van der Waals surface area contributed by atoms with Gasteiger partial charge in [0.25, 0.3) is 0 Å². The van der Waals surface area contributed by atoms with Crippen LogP contribution in [0.5, 0.6) is 5.75 Å². The molecule has 1 heterocycles. The summed E-state index contributed by atoms with van der Waals surface area (Å²) in [6.07, 6.45) is 6.57. The van der Waals surface area contributed by atoms with Gasteiger partial charge in [0.2, 0.25) is 0 Å². The van der Waals surface area contributed by atoms with Crippen molar-refractivity contribution in [3.63, 3.8) is 0 Å². The average molecular weight is 351 g/mol. The van der Waals surface area contributed by atoms with Gasteiger partial charge in [-0.15, -0.1) is 0 Å². The number of benzene rings is 2. The molecule has 0 aromatic heterocycles. The molecule has 1 saturated heterocycles. The molecule has 3 nitrogen and oxygen atoms in total. The molecule has 0 atom stereocenters. The fourth-order valence-electron chi connectivity index (χ4n) is 4.87. The third-order valence-electron chi connectivity index (χ3n) is 6.29. The number of hydrogen-bond acceptors (Lipinski definition) is 3. The maximum absolute atomic E-state index is 5.53.